The molecule has 26 heavy (non-hydrogen) atoms. The summed E-state index contributed by atoms with van der Waals surface area (Å²) < 4.78 is 20.8. The van der Waals surface area contributed by atoms with Gasteiger partial charge in [0.2, 0.25) is 0 Å². The molecule has 4 aromatic rings. The molecule has 0 aliphatic carbocycles. The maximum Gasteiger partial charge on any atom is 0.161 e. The quantitative estimate of drug-likeness (QED) is 0.573. The summed E-state index contributed by atoms with van der Waals surface area (Å²) in [4.78, 5) is 8.70. The molecule has 0 bridgehead atoms. The van der Waals surface area contributed by atoms with E-state index in [-0.39, 0.29) is 5.82 Å². The van der Waals surface area contributed by atoms with Crippen molar-refractivity contribution in [2.45, 2.75) is 13.5 Å². The number of rotatable bonds is 5. The second-order valence-electron chi connectivity index (χ2n) is 5.85. The number of imidazole rings is 1. The van der Waals surface area contributed by atoms with Crippen LogP contribution in [-0.4, -0.2) is 14.5 Å². The van der Waals surface area contributed by atoms with Crippen molar-refractivity contribution in [3.05, 3.63) is 84.5 Å². The SMILES string of the molecule is Cc1nccn1-c1ncccc1NCc1ccc(-c2ccc(F)cc2)o1. The van der Waals surface area contributed by atoms with Crippen LogP contribution in [-0.2, 0) is 6.54 Å². The zero-order chi connectivity index (χ0) is 17.9. The Hall–Kier alpha value is -3.41. The summed E-state index contributed by atoms with van der Waals surface area (Å²) in [5.74, 6) is 2.87. The summed E-state index contributed by atoms with van der Waals surface area (Å²) in [6.45, 7) is 2.44. The average Bonchev–Trinajstić information content (AvgIpc) is 3.30. The molecule has 5 nitrogen and oxygen atoms in total. The number of pyridine rings is 1. The Morgan fingerprint density at radius 3 is 2.65 bits per heavy atom. The van der Waals surface area contributed by atoms with Crippen LogP contribution in [0.15, 0.2) is 71.5 Å². The van der Waals surface area contributed by atoms with Crippen LogP contribution in [0.3, 0.4) is 0 Å². The Morgan fingerprint density at radius 2 is 1.88 bits per heavy atom. The third kappa shape index (κ3) is 3.21. The lowest BCUT2D eigenvalue weighted by Crippen LogP contribution is -2.06. The molecule has 6 heteroatoms. The van der Waals surface area contributed by atoms with Gasteiger partial charge in [0.05, 0.1) is 12.2 Å². The first kappa shape index (κ1) is 16.1. The van der Waals surface area contributed by atoms with Gasteiger partial charge in [-0.2, -0.15) is 0 Å². The summed E-state index contributed by atoms with van der Waals surface area (Å²) in [5, 5.41) is 3.35. The molecule has 0 fully saturated rings. The molecule has 0 saturated carbocycles. The maximum atomic E-state index is 13.0. The average molecular weight is 348 g/mol. The van der Waals surface area contributed by atoms with Crippen LogP contribution in [0.5, 0.6) is 0 Å². The molecule has 0 aliphatic heterocycles. The topological polar surface area (TPSA) is 55.9 Å². The molecular weight excluding hydrogens is 331 g/mol. The lowest BCUT2D eigenvalue weighted by molar-refractivity contribution is 0.531. The second kappa shape index (κ2) is 6.84. The van der Waals surface area contributed by atoms with Gasteiger partial charge in [-0.15, -0.1) is 0 Å². The van der Waals surface area contributed by atoms with Crippen molar-refractivity contribution in [2.24, 2.45) is 0 Å². The molecule has 0 amide bonds. The number of anilines is 1. The molecule has 1 aromatic carbocycles. The van der Waals surface area contributed by atoms with E-state index in [1.54, 1.807) is 24.5 Å². The van der Waals surface area contributed by atoms with Crippen LogP contribution in [0.1, 0.15) is 11.6 Å². The largest absolute Gasteiger partial charge is 0.459 e. The van der Waals surface area contributed by atoms with Gasteiger partial charge in [-0.25, -0.2) is 14.4 Å². The van der Waals surface area contributed by atoms with Crippen LogP contribution in [0.2, 0.25) is 0 Å². The van der Waals surface area contributed by atoms with E-state index in [2.05, 4.69) is 15.3 Å². The monoisotopic (exact) mass is 348 g/mol. The first-order valence-corrected chi connectivity index (χ1v) is 8.24. The first-order chi connectivity index (χ1) is 12.7. The van der Waals surface area contributed by atoms with Crippen LogP contribution in [0.4, 0.5) is 10.1 Å². The maximum absolute atomic E-state index is 13.0. The van der Waals surface area contributed by atoms with Gasteiger partial charge >= 0.3 is 0 Å². The molecule has 0 aliphatic rings. The predicted molar refractivity (Wildman–Crippen MR) is 97.5 cm³/mol. The van der Waals surface area contributed by atoms with Gasteiger partial charge in [0.1, 0.15) is 23.2 Å². The van der Waals surface area contributed by atoms with Crippen LogP contribution < -0.4 is 5.32 Å². The van der Waals surface area contributed by atoms with Crippen LogP contribution >= 0.6 is 0 Å². The van der Waals surface area contributed by atoms with Crippen molar-refractivity contribution >= 4 is 5.69 Å². The number of benzene rings is 1. The number of aromatic nitrogens is 3. The molecule has 0 spiro atoms. The molecule has 3 aromatic heterocycles. The van der Waals surface area contributed by atoms with E-state index in [1.165, 1.54) is 12.1 Å². The smallest absolute Gasteiger partial charge is 0.161 e. The van der Waals surface area contributed by atoms with E-state index in [0.29, 0.717) is 12.3 Å². The Morgan fingerprint density at radius 1 is 1.04 bits per heavy atom. The van der Waals surface area contributed by atoms with Gasteiger partial charge in [0.15, 0.2) is 5.82 Å². The van der Waals surface area contributed by atoms with Crippen LogP contribution in [0.25, 0.3) is 17.1 Å². The lowest BCUT2D eigenvalue weighted by atomic mass is 10.2. The van der Waals surface area contributed by atoms with Gasteiger partial charge in [0.25, 0.3) is 0 Å². The highest BCUT2D eigenvalue weighted by atomic mass is 19.1. The molecule has 0 unspecified atom stereocenters. The minimum atomic E-state index is -0.263. The van der Waals surface area contributed by atoms with Crippen molar-refractivity contribution in [1.82, 2.24) is 14.5 Å². The van der Waals surface area contributed by atoms with E-state index < -0.39 is 0 Å². The lowest BCUT2D eigenvalue weighted by Gasteiger charge is -2.11. The highest BCUT2D eigenvalue weighted by molar-refractivity contribution is 5.59. The molecule has 0 saturated heterocycles. The first-order valence-electron chi connectivity index (χ1n) is 8.24. The third-order valence-corrected chi connectivity index (χ3v) is 4.08. The fraction of sp³-hybridized carbons (Fsp3) is 0.100. The summed E-state index contributed by atoms with van der Waals surface area (Å²) >= 11 is 0. The minimum Gasteiger partial charge on any atom is -0.459 e. The molecule has 4 rings (SSSR count). The number of furan rings is 1. The van der Waals surface area contributed by atoms with Crippen LogP contribution in [0, 0.1) is 12.7 Å². The Kier molecular flexibility index (Phi) is 4.23. The van der Waals surface area contributed by atoms with Crippen molar-refractivity contribution in [1.29, 1.82) is 0 Å². The number of aryl methyl sites for hydroxylation is 1. The van der Waals surface area contributed by atoms with E-state index in [4.69, 9.17) is 4.42 Å². The normalized spacial score (nSPS) is 10.8. The zero-order valence-electron chi connectivity index (χ0n) is 14.2. The van der Waals surface area contributed by atoms with E-state index >= 15 is 0 Å². The minimum absolute atomic E-state index is 0.263. The van der Waals surface area contributed by atoms with Gasteiger partial charge in [-0.1, -0.05) is 0 Å². The molecule has 0 radical (unpaired) electrons. The summed E-state index contributed by atoms with van der Waals surface area (Å²) in [7, 11) is 0. The Labute approximate surface area is 150 Å². The summed E-state index contributed by atoms with van der Waals surface area (Å²) in [6, 6.07) is 13.9. The Balaban J connectivity index is 1.52. The van der Waals surface area contributed by atoms with Crippen molar-refractivity contribution in [2.75, 3.05) is 5.32 Å². The van der Waals surface area contributed by atoms with Gasteiger partial charge in [0, 0.05) is 24.2 Å². The zero-order valence-corrected chi connectivity index (χ0v) is 14.2. The fourth-order valence-electron chi connectivity index (χ4n) is 2.75. The molecule has 0 atom stereocenters. The highest BCUT2D eigenvalue weighted by Gasteiger charge is 2.09. The van der Waals surface area contributed by atoms with E-state index in [0.717, 1.165) is 28.7 Å². The highest BCUT2D eigenvalue weighted by Crippen LogP contribution is 2.24. The fourth-order valence-corrected chi connectivity index (χ4v) is 2.75. The number of nitrogens with one attached hydrogen (secondary N) is 1. The van der Waals surface area contributed by atoms with Gasteiger partial charge in [-0.05, 0) is 55.5 Å². The van der Waals surface area contributed by atoms with Crippen molar-refractivity contribution in [3.63, 3.8) is 0 Å². The standard InChI is InChI=1S/C20H17FN4O/c1-14-22-11-12-25(14)20-18(3-2-10-23-20)24-13-17-8-9-19(26-17)15-4-6-16(21)7-5-15/h2-12,24H,13H2,1H3. The van der Waals surface area contributed by atoms with Gasteiger partial charge < -0.3 is 9.73 Å². The number of nitrogens with zero attached hydrogens (tertiary/aromatic N) is 3. The van der Waals surface area contributed by atoms with E-state index in [9.17, 15) is 4.39 Å². The molecule has 1 N–H and O–H groups in total. The number of hydrogen-bond acceptors (Lipinski definition) is 4. The second-order valence-corrected chi connectivity index (χ2v) is 5.85. The van der Waals surface area contributed by atoms with Crippen molar-refractivity contribution < 1.29 is 8.81 Å². The third-order valence-electron chi connectivity index (χ3n) is 4.08. The molecular formula is C20H17FN4O. The van der Waals surface area contributed by atoms with Gasteiger partial charge in [-0.3, -0.25) is 4.57 Å². The van der Waals surface area contributed by atoms with Crippen molar-refractivity contribution in [3.8, 4) is 17.1 Å². The molecule has 3 heterocycles. The summed E-state index contributed by atoms with van der Waals surface area (Å²) in [5.41, 5.74) is 1.72. The molecule has 130 valence electrons. The summed E-state index contributed by atoms with van der Waals surface area (Å²) in [6.07, 6.45) is 5.37. The number of hydrogen-bond donors (Lipinski definition) is 1. The predicted octanol–water partition coefficient (Wildman–Crippen LogP) is 4.59. The van der Waals surface area contributed by atoms with E-state index in [1.807, 2.05) is 42.0 Å². The number of halogens is 1. The Bertz CT molecular complexity index is 1020.